The number of thioether (sulfide) groups is 1. The Kier molecular flexibility index (Phi) is 6.60. The van der Waals surface area contributed by atoms with Crippen molar-refractivity contribution in [1.29, 1.82) is 0 Å². The molecule has 3 aromatic heterocycles. The highest BCUT2D eigenvalue weighted by atomic mass is 32.2. The van der Waals surface area contributed by atoms with Crippen LogP contribution in [-0.2, 0) is 18.3 Å². The van der Waals surface area contributed by atoms with Crippen LogP contribution in [0.2, 0.25) is 0 Å². The number of benzene rings is 1. The lowest BCUT2D eigenvalue weighted by atomic mass is 10.1. The number of hydrogen-bond donors (Lipinski definition) is 1. The molecule has 1 N–H and O–H groups in total. The number of hydrogen-bond acceptors (Lipinski definition) is 7. The molecule has 3 heterocycles. The lowest BCUT2D eigenvalue weighted by Gasteiger charge is -2.09. The van der Waals surface area contributed by atoms with Gasteiger partial charge in [-0.05, 0) is 44.5 Å². The summed E-state index contributed by atoms with van der Waals surface area (Å²) >= 11 is 1.24. The monoisotopic (exact) mass is 476 g/mol. The third kappa shape index (κ3) is 4.76. The fourth-order valence-electron chi connectivity index (χ4n) is 3.57. The number of Topliss-reactive ketones (excluding diaryl/α,β-unsaturated/α-hetero) is 1. The van der Waals surface area contributed by atoms with Crippen molar-refractivity contribution in [3.63, 3.8) is 0 Å². The van der Waals surface area contributed by atoms with Gasteiger partial charge in [-0.3, -0.25) is 18.8 Å². The zero-order chi connectivity index (χ0) is 24.4. The summed E-state index contributed by atoms with van der Waals surface area (Å²) in [5, 5.41) is 11.8. The van der Waals surface area contributed by atoms with E-state index in [9.17, 15) is 14.4 Å². The summed E-state index contributed by atoms with van der Waals surface area (Å²) in [6.07, 6.45) is 1.99. The van der Waals surface area contributed by atoms with E-state index in [2.05, 4.69) is 20.5 Å². The van der Waals surface area contributed by atoms with E-state index in [0.717, 1.165) is 5.56 Å². The van der Waals surface area contributed by atoms with Crippen LogP contribution in [0.5, 0.6) is 0 Å². The molecule has 0 aliphatic heterocycles. The van der Waals surface area contributed by atoms with Crippen molar-refractivity contribution in [2.75, 3.05) is 11.1 Å². The molecule has 1 aromatic carbocycles. The summed E-state index contributed by atoms with van der Waals surface area (Å²) in [6.45, 7) is 5.22. The molecule has 0 spiro atoms. The minimum Gasteiger partial charge on any atom is -0.325 e. The number of aromatic nitrogens is 5. The molecule has 9 nitrogen and oxygen atoms in total. The van der Waals surface area contributed by atoms with Gasteiger partial charge in [0.25, 0.3) is 5.56 Å². The molecule has 0 saturated heterocycles. The summed E-state index contributed by atoms with van der Waals surface area (Å²) in [5.41, 5.74) is 3.75. The predicted molar refractivity (Wildman–Crippen MR) is 131 cm³/mol. The van der Waals surface area contributed by atoms with Crippen molar-refractivity contribution in [2.24, 2.45) is 7.05 Å². The Hall–Kier alpha value is -3.79. The van der Waals surface area contributed by atoms with E-state index in [1.165, 1.54) is 18.7 Å². The van der Waals surface area contributed by atoms with Gasteiger partial charge >= 0.3 is 0 Å². The van der Waals surface area contributed by atoms with Crippen LogP contribution >= 0.6 is 11.8 Å². The number of nitrogens with one attached hydrogen (secondary N) is 1. The van der Waals surface area contributed by atoms with Crippen LogP contribution in [0.1, 0.15) is 39.9 Å². The molecule has 0 unspecified atom stereocenters. The van der Waals surface area contributed by atoms with Crippen LogP contribution in [0.25, 0.3) is 5.65 Å². The lowest BCUT2D eigenvalue weighted by molar-refractivity contribution is -0.113. The summed E-state index contributed by atoms with van der Waals surface area (Å²) in [4.78, 5) is 41.6. The van der Waals surface area contributed by atoms with E-state index in [-0.39, 0.29) is 29.4 Å². The Morgan fingerprint density at radius 3 is 2.68 bits per heavy atom. The molecule has 1 amide bonds. The highest BCUT2D eigenvalue weighted by Gasteiger charge is 2.17. The van der Waals surface area contributed by atoms with E-state index in [1.807, 2.05) is 26.0 Å². The number of carbonyl (C=O) groups excluding carboxylic acids is 2. The maximum atomic E-state index is 13.1. The van der Waals surface area contributed by atoms with Crippen LogP contribution in [-0.4, -0.2) is 41.6 Å². The van der Waals surface area contributed by atoms with E-state index in [4.69, 9.17) is 0 Å². The zero-order valence-electron chi connectivity index (χ0n) is 19.3. The smallest absolute Gasteiger partial charge is 0.261 e. The highest BCUT2D eigenvalue weighted by Crippen LogP contribution is 2.19. The van der Waals surface area contributed by atoms with Crippen LogP contribution < -0.4 is 10.9 Å². The zero-order valence-corrected chi connectivity index (χ0v) is 20.1. The van der Waals surface area contributed by atoms with Crippen LogP contribution in [0.15, 0.2) is 52.5 Å². The molecule has 0 atom stereocenters. The molecule has 174 valence electrons. The van der Waals surface area contributed by atoms with Gasteiger partial charge in [0.1, 0.15) is 11.5 Å². The Labute approximate surface area is 200 Å². The molecule has 10 heteroatoms. The van der Waals surface area contributed by atoms with Gasteiger partial charge in [0.2, 0.25) is 5.91 Å². The van der Waals surface area contributed by atoms with Crippen molar-refractivity contribution >= 4 is 34.8 Å². The molecule has 0 bridgehead atoms. The fourth-order valence-corrected chi connectivity index (χ4v) is 4.30. The van der Waals surface area contributed by atoms with Crippen molar-refractivity contribution in [3.8, 4) is 0 Å². The molecule has 4 rings (SSSR count). The molecular formula is C24H24N6O3S. The molecule has 0 fully saturated rings. The van der Waals surface area contributed by atoms with Crippen molar-refractivity contribution in [2.45, 2.75) is 32.3 Å². The molecule has 34 heavy (non-hydrogen) atoms. The third-order valence-corrected chi connectivity index (χ3v) is 6.51. The number of nitrogens with zero attached hydrogens (tertiary/aromatic N) is 5. The van der Waals surface area contributed by atoms with Gasteiger partial charge in [-0.25, -0.2) is 4.98 Å². The number of fused-ring (bicyclic) bond motifs is 1. The van der Waals surface area contributed by atoms with Gasteiger partial charge in [0, 0.05) is 42.2 Å². The molecule has 0 radical (unpaired) electrons. The molecule has 0 saturated carbocycles. The molecule has 0 aliphatic carbocycles. The average Bonchev–Trinajstić information content (AvgIpc) is 3.15. The highest BCUT2D eigenvalue weighted by molar-refractivity contribution is 7.99. The number of anilines is 1. The van der Waals surface area contributed by atoms with Crippen LogP contribution in [0.3, 0.4) is 0 Å². The molecule has 4 aromatic rings. The van der Waals surface area contributed by atoms with E-state index < -0.39 is 0 Å². The number of rotatable bonds is 7. The van der Waals surface area contributed by atoms with Crippen molar-refractivity contribution in [1.82, 2.24) is 24.1 Å². The van der Waals surface area contributed by atoms with Gasteiger partial charge in [-0.2, -0.15) is 0 Å². The first kappa shape index (κ1) is 23.4. The number of pyridine rings is 1. The minimum atomic E-state index is -0.224. The maximum absolute atomic E-state index is 13.1. The minimum absolute atomic E-state index is 0.0660. The first-order valence-corrected chi connectivity index (χ1v) is 11.6. The number of carbonyl (C=O) groups is 2. The topological polar surface area (TPSA) is 111 Å². The molecular weight excluding hydrogens is 452 g/mol. The number of aryl methyl sites for hydroxylation is 2. The predicted octanol–water partition coefficient (Wildman–Crippen LogP) is 2.96. The number of ketones is 1. The fraction of sp³-hybridized carbons (Fsp3) is 0.250. The summed E-state index contributed by atoms with van der Waals surface area (Å²) in [6, 6.07) is 10.5. The Balaban J connectivity index is 1.47. The van der Waals surface area contributed by atoms with Crippen LogP contribution in [0, 0.1) is 13.8 Å². The number of amides is 1. The van der Waals surface area contributed by atoms with Gasteiger partial charge in [-0.15, -0.1) is 10.2 Å². The van der Waals surface area contributed by atoms with E-state index in [0.29, 0.717) is 39.1 Å². The van der Waals surface area contributed by atoms with E-state index >= 15 is 0 Å². The Morgan fingerprint density at radius 1 is 1.12 bits per heavy atom. The average molecular weight is 477 g/mol. The summed E-state index contributed by atoms with van der Waals surface area (Å²) in [5.74, 6) is 0.434. The van der Waals surface area contributed by atoms with Crippen LogP contribution in [0.4, 0.5) is 5.69 Å². The standard InChI is InChI=1S/C24H24N6O3S/c1-14-7-6-10-30-22(14)25-15(2)19(23(30)33)12-20-27-28-24(29(20)4)34-13-21(32)26-18-9-5-8-17(11-18)16(3)31/h5-11H,12-13H2,1-4H3,(H,26,32). The van der Waals surface area contributed by atoms with Gasteiger partial charge in [0.15, 0.2) is 10.9 Å². The SMILES string of the molecule is CC(=O)c1cccc(NC(=O)CSc2nnc(Cc3c(C)nc4c(C)cccn4c3=O)n2C)c1. The van der Waals surface area contributed by atoms with Gasteiger partial charge < -0.3 is 9.88 Å². The second-order valence-electron chi connectivity index (χ2n) is 7.97. The quantitative estimate of drug-likeness (QED) is 0.322. The normalized spacial score (nSPS) is 11.1. The third-order valence-electron chi connectivity index (χ3n) is 5.49. The summed E-state index contributed by atoms with van der Waals surface area (Å²) < 4.78 is 3.33. The van der Waals surface area contributed by atoms with Crippen molar-refractivity contribution < 1.29 is 9.59 Å². The first-order chi connectivity index (χ1) is 16.2. The Morgan fingerprint density at radius 2 is 1.91 bits per heavy atom. The van der Waals surface area contributed by atoms with Gasteiger partial charge in [0.05, 0.1) is 5.75 Å². The summed E-state index contributed by atoms with van der Waals surface area (Å²) in [7, 11) is 1.80. The Bertz CT molecular complexity index is 1470. The largest absolute Gasteiger partial charge is 0.325 e. The maximum Gasteiger partial charge on any atom is 0.261 e. The first-order valence-electron chi connectivity index (χ1n) is 10.6. The second kappa shape index (κ2) is 9.60. The van der Waals surface area contributed by atoms with E-state index in [1.54, 1.807) is 46.5 Å². The lowest BCUT2D eigenvalue weighted by Crippen LogP contribution is -2.23. The molecule has 0 aliphatic rings. The second-order valence-corrected chi connectivity index (χ2v) is 8.92. The van der Waals surface area contributed by atoms with Crippen molar-refractivity contribution in [3.05, 3.63) is 81.2 Å². The van der Waals surface area contributed by atoms with Gasteiger partial charge in [-0.1, -0.05) is 30.0 Å².